The molecule has 38 heavy (non-hydrogen) atoms. The Morgan fingerprint density at radius 3 is 2.53 bits per heavy atom. The zero-order valence-electron chi connectivity index (χ0n) is 21.8. The monoisotopic (exact) mass is 552 g/mol. The molecule has 1 unspecified atom stereocenters. The number of carbonyl (C=O) groups excluding carboxylic acids is 1. The lowest BCUT2D eigenvalue weighted by Gasteiger charge is -2.28. The van der Waals surface area contributed by atoms with Gasteiger partial charge in [0.2, 0.25) is 0 Å². The number of carbonyl (C=O) groups is 1. The summed E-state index contributed by atoms with van der Waals surface area (Å²) in [5.74, 6) is -1.56. The minimum Gasteiger partial charge on any atom is -0.468 e. The lowest BCUT2D eigenvalue weighted by Crippen LogP contribution is -2.42. The number of fused-ring (bicyclic) bond motifs is 1. The van der Waals surface area contributed by atoms with Crippen LogP contribution in [0.25, 0.3) is 0 Å². The number of nitrogens with zero attached hydrogens (tertiary/aromatic N) is 2. The summed E-state index contributed by atoms with van der Waals surface area (Å²) in [6.07, 6.45) is -1.63. The van der Waals surface area contributed by atoms with Gasteiger partial charge in [-0.05, 0) is 38.0 Å². The second-order valence-electron chi connectivity index (χ2n) is 9.74. The van der Waals surface area contributed by atoms with E-state index in [1.54, 1.807) is 58.0 Å². The first-order valence-corrected chi connectivity index (χ1v) is 13.7. The molecule has 14 heteroatoms. The maximum absolute atomic E-state index is 14.0. The molecule has 0 aliphatic carbocycles. The van der Waals surface area contributed by atoms with Crippen molar-refractivity contribution in [1.82, 2.24) is 14.6 Å². The van der Waals surface area contributed by atoms with Crippen LogP contribution in [-0.4, -0.2) is 59.4 Å². The van der Waals surface area contributed by atoms with Gasteiger partial charge in [0, 0.05) is 6.20 Å². The van der Waals surface area contributed by atoms with E-state index in [9.17, 15) is 14.2 Å². The number of hydrogen-bond donors (Lipinski definition) is 2. The van der Waals surface area contributed by atoms with Crippen LogP contribution in [0.15, 0.2) is 47.4 Å². The molecule has 2 aliphatic heterocycles. The number of anilines is 1. The zero-order valence-corrected chi connectivity index (χ0v) is 22.7. The number of para-hydroxylation sites is 1. The SMILES string of the molecule is COC(=O)[C@@H](NP(=O)(OC[C@H]1O[C@@H](n2ccc(N)nc2=O)[C@@H]2OC(C)(C)O[C@@H]21)Oc1ccccc1)C(C)C. The lowest BCUT2D eigenvalue weighted by atomic mass is 10.1. The highest BCUT2D eigenvalue weighted by Crippen LogP contribution is 2.48. The average molecular weight is 553 g/mol. The largest absolute Gasteiger partial charge is 0.468 e. The molecule has 2 fully saturated rings. The van der Waals surface area contributed by atoms with Gasteiger partial charge in [-0.2, -0.15) is 10.1 Å². The van der Waals surface area contributed by atoms with Gasteiger partial charge in [0.25, 0.3) is 0 Å². The summed E-state index contributed by atoms with van der Waals surface area (Å²) < 4.78 is 49.8. The normalized spacial score (nSPS) is 26.5. The predicted molar refractivity (Wildman–Crippen MR) is 135 cm³/mol. The van der Waals surface area contributed by atoms with Crippen molar-refractivity contribution in [3.8, 4) is 5.75 Å². The van der Waals surface area contributed by atoms with Crippen LogP contribution >= 0.6 is 7.75 Å². The van der Waals surface area contributed by atoms with Gasteiger partial charge in [0.05, 0.1) is 13.7 Å². The first-order valence-electron chi connectivity index (χ1n) is 12.1. The Bertz CT molecular complexity index is 1240. The third-order valence-electron chi connectivity index (χ3n) is 6.05. The Hall–Kier alpha value is -2.80. The van der Waals surface area contributed by atoms with Crippen molar-refractivity contribution in [3.63, 3.8) is 0 Å². The van der Waals surface area contributed by atoms with Gasteiger partial charge in [-0.25, -0.2) is 9.36 Å². The van der Waals surface area contributed by atoms with Crippen molar-refractivity contribution in [1.29, 1.82) is 0 Å². The summed E-state index contributed by atoms with van der Waals surface area (Å²) >= 11 is 0. The van der Waals surface area contributed by atoms with Crippen LogP contribution in [0, 0.1) is 5.92 Å². The fraction of sp³-hybridized carbons (Fsp3) is 0.542. The van der Waals surface area contributed by atoms with E-state index in [2.05, 4.69) is 10.1 Å². The van der Waals surface area contributed by atoms with Crippen LogP contribution in [0.3, 0.4) is 0 Å². The number of esters is 1. The van der Waals surface area contributed by atoms with E-state index < -0.39 is 55.8 Å². The zero-order chi connectivity index (χ0) is 27.7. The van der Waals surface area contributed by atoms with Crippen molar-refractivity contribution >= 4 is 19.5 Å². The lowest BCUT2D eigenvalue weighted by molar-refractivity contribution is -0.200. The van der Waals surface area contributed by atoms with Crippen LogP contribution in [0.2, 0.25) is 0 Å². The summed E-state index contributed by atoms with van der Waals surface area (Å²) in [5.41, 5.74) is 5.00. The van der Waals surface area contributed by atoms with Gasteiger partial charge in [0.15, 0.2) is 12.0 Å². The van der Waals surface area contributed by atoms with E-state index in [0.29, 0.717) is 0 Å². The quantitative estimate of drug-likeness (QED) is 0.327. The van der Waals surface area contributed by atoms with Crippen LogP contribution < -0.4 is 21.0 Å². The molecule has 1 aromatic carbocycles. The summed E-state index contributed by atoms with van der Waals surface area (Å²) in [5, 5.41) is 2.72. The molecule has 13 nitrogen and oxygen atoms in total. The van der Waals surface area contributed by atoms with Crippen molar-refractivity contribution in [2.75, 3.05) is 19.5 Å². The molecule has 0 saturated carbocycles. The summed E-state index contributed by atoms with van der Waals surface area (Å²) in [6.45, 7) is 6.72. The molecule has 2 saturated heterocycles. The van der Waals surface area contributed by atoms with Gasteiger partial charge >= 0.3 is 19.4 Å². The molecule has 208 valence electrons. The van der Waals surface area contributed by atoms with Crippen LogP contribution in [0.4, 0.5) is 5.82 Å². The van der Waals surface area contributed by atoms with E-state index in [-0.39, 0.29) is 24.1 Å². The number of nitrogens with one attached hydrogen (secondary N) is 1. The Kier molecular flexibility index (Phi) is 8.26. The topological polar surface area (TPSA) is 162 Å². The van der Waals surface area contributed by atoms with Crippen molar-refractivity contribution in [2.24, 2.45) is 5.92 Å². The molecule has 3 N–H and O–H groups in total. The number of aromatic nitrogens is 2. The highest BCUT2D eigenvalue weighted by molar-refractivity contribution is 7.52. The summed E-state index contributed by atoms with van der Waals surface area (Å²) in [4.78, 5) is 28.7. The molecule has 3 heterocycles. The molecule has 4 rings (SSSR count). The maximum Gasteiger partial charge on any atom is 0.459 e. The maximum atomic E-state index is 14.0. The molecule has 2 aliphatic rings. The predicted octanol–water partition coefficient (Wildman–Crippen LogP) is 2.23. The molecule has 1 aromatic heterocycles. The van der Waals surface area contributed by atoms with Gasteiger partial charge in [-0.1, -0.05) is 32.0 Å². The number of hydrogen-bond acceptors (Lipinski definition) is 11. The second kappa shape index (κ2) is 11.1. The molecule has 6 atom stereocenters. The first kappa shape index (κ1) is 28.2. The van der Waals surface area contributed by atoms with Crippen molar-refractivity contribution in [2.45, 2.75) is 64.1 Å². The highest BCUT2D eigenvalue weighted by atomic mass is 31.2. The Morgan fingerprint density at radius 2 is 1.89 bits per heavy atom. The number of nitrogen functional groups attached to an aromatic ring is 1. The molecule has 2 aromatic rings. The summed E-state index contributed by atoms with van der Waals surface area (Å²) in [6, 6.07) is 8.89. The third kappa shape index (κ3) is 6.25. The van der Waals surface area contributed by atoms with Gasteiger partial charge in [-0.3, -0.25) is 13.9 Å². The van der Waals surface area contributed by atoms with Crippen LogP contribution in [0.5, 0.6) is 5.75 Å². The molecule has 0 bridgehead atoms. The number of benzene rings is 1. The smallest absolute Gasteiger partial charge is 0.459 e. The summed E-state index contributed by atoms with van der Waals surface area (Å²) in [7, 11) is -2.93. The van der Waals surface area contributed by atoms with Gasteiger partial charge in [-0.15, -0.1) is 0 Å². The molecule has 0 radical (unpaired) electrons. The van der Waals surface area contributed by atoms with Gasteiger partial charge < -0.3 is 29.2 Å². The number of rotatable bonds is 10. The second-order valence-corrected chi connectivity index (χ2v) is 11.4. The Labute approximate surface area is 220 Å². The molecule has 0 amide bonds. The number of ether oxygens (including phenoxy) is 4. The van der Waals surface area contributed by atoms with E-state index in [1.807, 2.05) is 0 Å². The fourth-order valence-corrected chi connectivity index (χ4v) is 5.96. The number of methoxy groups -OCH3 is 1. The Morgan fingerprint density at radius 1 is 1.21 bits per heavy atom. The fourth-order valence-electron chi connectivity index (χ4n) is 4.29. The first-order chi connectivity index (χ1) is 17.9. The standard InChI is InChI=1S/C24H33N4O9P/c1-14(2)18(22(29)32-5)27-38(31,37-15-9-7-6-8-10-15)33-13-16-19-20(36-24(3,4)35-19)21(34-16)28-12-11-17(25)26-23(28)30/h6-12,14,16,18-21H,13H2,1-5H3,(H,27,31)(H2,25,26,30)/t16-,18+,19-,20-,21-,38?/m1/s1. The van der Waals surface area contributed by atoms with Crippen LogP contribution in [0.1, 0.15) is 33.9 Å². The van der Waals surface area contributed by atoms with Gasteiger partial charge in [0.1, 0.15) is 35.9 Å². The van der Waals surface area contributed by atoms with Crippen LogP contribution in [-0.2, 0) is 32.8 Å². The minimum absolute atomic E-state index is 0.0694. The van der Waals surface area contributed by atoms with Crippen molar-refractivity contribution in [3.05, 3.63) is 53.1 Å². The van der Waals surface area contributed by atoms with E-state index >= 15 is 0 Å². The third-order valence-corrected chi connectivity index (χ3v) is 7.58. The average Bonchev–Trinajstić information content (AvgIpc) is 3.34. The van der Waals surface area contributed by atoms with E-state index in [1.165, 1.54) is 23.9 Å². The highest BCUT2D eigenvalue weighted by Gasteiger charge is 2.56. The molecular weight excluding hydrogens is 519 g/mol. The molecular formula is C24H33N4O9P. The van der Waals surface area contributed by atoms with E-state index in [4.69, 9.17) is 33.7 Å². The number of nitrogens with two attached hydrogens (primary N) is 1. The minimum atomic E-state index is -4.17. The van der Waals surface area contributed by atoms with Crippen molar-refractivity contribution < 1.29 is 37.4 Å². The Balaban J connectivity index is 1.59. The molecule has 0 spiro atoms. The van der Waals surface area contributed by atoms with E-state index in [0.717, 1.165) is 0 Å².